The number of nitrogens with one attached hydrogen (secondary N) is 1. The van der Waals surface area contributed by atoms with Gasteiger partial charge in [-0.05, 0) is 25.0 Å². The number of hydrogen-bond acceptors (Lipinski definition) is 5. The number of nitrogens with zero attached hydrogens (tertiary/aromatic N) is 3. The molecule has 0 radical (unpaired) electrons. The lowest BCUT2D eigenvalue weighted by Crippen LogP contribution is -2.61. The third kappa shape index (κ3) is 2.53. The van der Waals surface area contributed by atoms with Gasteiger partial charge >= 0.3 is 0 Å². The van der Waals surface area contributed by atoms with Gasteiger partial charge in [0.2, 0.25) is 0 Å². The van der Waals surface area contributed by atoms with Gasteiger partial charge in [-0.3, -0.25) is 0 Å². The third-order valence-electron chi connectivity index (χ3n) is 4.47. The number of hydrogen-bond donors (Lipinski definition) is 1. The van der Waals surface area contributed by atoms with Crippen LogP contribution in [0.5, 0.6) is 0 Å². The van der Waals surface area contributed by atoms with Gasteiger partial charge in [0, 0.05) is 43.8 Å². The van der Waals surface area contributed by atoms with E-state index in [2.05, 4.69) is 20.2 Å². The maximum atomic E-state index is 13.8. The Morgan fingerprint density at radius 2 is 1.95 bits per heavy atom. The van der Waals surface area contributed by atoms with E-state index in [0.29, 0.717) is 17.6 Å². The lowest BCUT2D eigenvalue weighted by molar-refractivity contribution is 0.0736. The molecule has 0 bridgehead atoms. The first-order valence-corrected chi connectivity index (χ1v) is 7.79. The Kier molecular flexibility index (Phi) is 3.63. The molecule has 1 N–H and O–H groups in total. The molecule has 6 heteroatoms. The summed E-state index contributed by atoms with van der Waals surface area (Å²) in [6.45, 7) is 3.51. The van der Waals surface area contributed by atoms with Crippen LogP contribution in [0.1, 0.15) is 12.8 Å². The summed E-state index contributed by atoms with van der Waals surface area (Å²) in [7, 11) is 0. The molecule has 2 aliphatic heterocycles. The van der Waals surface area contributed by atoms with Crippen LogP contribution in [0.4, 0.5) is 10.2 Å². The molecule has 0 amide bonds. The Morgan fingerprint density at radius 3 is 2.77 bits per heavy atom. The van der Waals surface area contributed by atoms with Crippen LogP contribution >= 0.6 is 0 Å². The molecule has 2 aliphatic rings. The highest BCUT2D eigenvalue weighted by molar-refractivity contribution is 5.90. The number of fused-ring (bicyclic) bond motifs is 1. The third-order valence-corrected chi connectivity index (χ3v) is 4.47. The Bertz CT molecular complexity index is 668. The molecule has 116 valence electrons. The molecule has 0 aliphatic carbocycles. The van der Waals surface area contributed by atoms with E-state index in [0.717, 1.165) is 50.3 Å². The second-order valence-electron chi connectivity index (χ2n) is 5.99. The lowest BCUT2D eigenvalue weighted by Gasteiger charge is -2.43. The van der Waals surface area contributed by atoms with Crippen LogP contribution < -0.4 is 10.2 Å². The first-order chi connectivity index (χ1) is 10.8. The number of ether oxygens (including phenoxy) is 1. The van der Waals surface area contributed by atoms with Gasteiger partial charge < -0.3 is 15.0 Å². The minimum Gasteiger partial charge on any atom is -0.381 e. The van der Waals surface area contributed by atoms with Gasteiger partial charge in [-0.2, -0.15) is 0 Å². The van der Waals surface area contributed by atoms with Crippen LogP contribution in [0.2, 0.25) is 0 Å². The first-order valence-electron chi connectivity index (χ1n) is 7.79. The fourth-order valence-electron chi connectivity index (χ4n) is 3.24. The normalized spacial score (nSPS) is 20.3. The second-order valence-corrected chi connectivity index (χ2v) is 5.99. The summed E-state index contributed by atoms with van der Waals surface area (Å²) in [5, 5.41) is 4.46. The minimum atomic E-state index is -0.293. The second kappa shape index (κ2) is 5.78. The summed E-state index contributed by atoms with van der Waals surface area (Å²) in [5.74, 6) is 0.535. The zero-order valence-electron chi connectivity index (χ0n) is 12.3. The predicted octanol–water partition coefficient (Wildman–Crippen LogP) is 1.73. The number of anilines is 1. The standard InChI is InChI=1S/C16H19FN4O/c17-14-3-1-2-13-15(14)18-10-19-16(13)21-8-12(9-21)20-11-4-6-22-7-5-11/h1-3,10-12,20H,4-9H2. The van der Waals surface area contributed by atoms with Crippen molar-refractivity contribution in [3.63, 3.8) is 0 Å². The van der Waals surface area contributed by atoms with Gasteiger partial charge in [-0.25, -0.2) is 14.4 Å². The number of para-hydroxylation sites is 1. The van der Waals surface area contributed by atoms with Crippen LogP contribution in [0.15, 0.2) is 24.5 Å². The molecule has 0 atom stereocenters. The highest BCUT2D eigenvalue weighted by Gasteiger charge is 2.31. The number of halogens is 1. The van der Waals surface area contributed by atoms with Crippen molar-refractivity contribution in [3.05, 3.63) is 30.3 Å². The van der Waals surface area contributed by atoms with Crippen LogP contribution in [-0.2, 0) is 4.74 Å². The fraction of sp³-hybridized carbons (Fsp3) is 0.500. The van der Waals surface area contributed by atoms with E-state index in [1.165, 1.54) is 12.4 Å². The smallest absolute Gasteiger partial charge is 0.149 e. The van der Waals surface area contributed by atoms with E-state index < -0.39 is 0 Å². The van der Waals surface area contributed by atoms with Crippen molar-refractivity contribution < 1.29 is 9.13 Å². The average Bonchev–Trinajstić information content (AvgIpc) is 2.52. The molecular weight excluding hydrogens is 283 g/mol. The SMILES string of the molecule is Fc1cccc2c(N3CC(NC4CCOCC4)C3)ncnc12. The van der Waals surface area contributed by atoms with E-state index in [9.17, 15) is 4.39 Å². The molecule has 4 rings (SSSR count). The van der Waals surface area contributed by atoms with Gasteiger partial charge in [-0.1, -0.05) is 6.07 Å². The van der Waals surface area contributed by atoms with Gasteiger partial charge in [-0.15, -0.1) is 0 Å². The highest BCUT2D eigenvalue weighted by Crippen LogP contribution is 2.28. The Labute approximate surface area is 128 Å². The van der Waals surface area contributed by atoms with Crippen molar-refractivity contribution >= 4 is 16.7 Å². The molecule has 22 heavy (non-hydrogen) atoms. The summed E-state index contributed by atoms with van der Waals surface area (Å²) in [5.41, 5.74) is 0.397. The fourth-order valence-corrected chi connectivity index (χ4v) is 3.24. The molecule has 5 nitrogen and oxygen atoms in total. The first kappa shape index (κ1) is 13.8. The topological polar surface area (TPSA) is 50.3 Å². The van der Waals surface area contributed by atoms with Crippen molar-refractivity contribution in [2.24, 2.45) is 0 Å². The van der Waals surface area contributed by atoms with Crippen LogP contribution in [-0.4, -0.2) is 48.4 Å². The van der Waals surface area contributed by atoms with Crippen molar-refractivity contribution in [1.29, 1.82) is 0 Å². The van der Waals surface area contributed by atoms with Gasteiger partial charge in [0.25, 0.3) is 0 Å². The van der Waals surface area contributed by atoms with Crippen molar-refractivity contribution in [1.82, 2.24) is 15.3 Å². The maximum Gasteiger partial charge on any atom is 0.149 e. The van der Waals surface area contributed by atoms with E-state index in [-0.39, 0.29) is 5.82 Å². The number of benzene rings is 1. The summed E-state index contributed by atoms with van der Waals surface area (Å²) >= 11 is 0. The molecule has 0 unspecified atom stereocenters. The lowest BCUT2D eigenvalue weighted by atomic mass is 10.0. The largest absolute Gasteiger partial charge is 0.381 e. The molecule has 2 aromatic rings. The molecule has 1 aromatic carbocycles. The molecule has 2 fully saturated rings. The zero-order valence-corrected chi connectivity index (χ0v) is 12.3. The van der Waals surface area contributed by atoms with Crippen molar-refractivity contribution in [3.8, 4) is 0 Å². The zero-order chi connectivity index (χ0) is 14.9. The van der Waals surface area contributed by atoms with Crippen LogP contribution in [0.3, 0.4) is 0 Å². The van der Waals surface area contributed by atoms with E-state index in [1.54, 1.807) is 6.07 Å². The van der Waals surface area contributed by atoms with Crippen molar-refractivity contribution in [2.45, 2.75) is 24.9 Å². The van der Waals surface area contributed by atoms with Gasteiger partial charge in [0.15, 0.2) is 0 Å². The molecule has 2 saturated heterocycles. The van der Waals surface area contributed by atoms with Crippen molar-refractivity contribution in [2.75, 3.05) is 31.2 Å². The molecule has 1 aromatic heterocycles. The van der Waals surface area contributed by atoms with Crippen LogP contribution in [0.25, 0.3) is 10.9 Å². The quantitative estimate of drug-likeness (QED) is 0.936. The number of rotatable bonds is 3. The summed E-state index contributed by atoms with van der Waals surface area (Å²) in [4.78, 5) is 10.6. The summed E-state index contributed by atoms with van der Waals surface area (Å²) in [6.07, 6.45) is 3.61. The average molecular weight is 302 g/mol. The van der Waals surface area contributed by atoms with E-state index in [4.69, 9.17) is 4.74 Å². The van der Waals surface area contributed by atoms with Gasteiger partial charge in [0.1, 0.15) is 23.5 Å². The number of aromatic nitrogens is 2. The van der Waals surface area contributed by atoms with E-state index in [1.807, 2.05) is 6.07 Å². The van der Waals surface area contributed by atoms with E-state index >= 15 is 0 Å². The van der Waals surface area contributed by atoms with Gasteiger partial charge in [0.05, 0.1) is 0 Å². The Morgan fingerprint density at radius 1 is 1.14 bits per heavy atom. The monoisotopic (exact) mass is 302 g/mol. The Hall–Kier alpha value is -1.79. The predicted molar refractivity (Wildman–Crippen MR) is 82.5 cm³/mol. The Balaban J connectivity index is 1.45. The molecule has 0 saturated carbocycles. The summed E-state index contributed by atoms with van der Waals surface area (Å²) < 4.78 is 19.2. The summed E-state index contributed by atoms with van der Waals surface area (Å²) in [6, 6.07) is 6.06. The molecule has 3 heterocycles. The maximum absolute atomic E-state index is 13.8. The highest BCUT2D eigenvalue weighted by atomic mass is 19.1. The van der Waals surface area contributed by atoms with Crippen LogP contribution in [0, 0.1) is 5.82 Å². The minimum absolute atomic E-state index is 0.293. The molecule has 0 spiro atoms. The molecular formula is C16H19FN4O.